The van der Waals surface area contributed by atoms with E-state index < -0.39 is 11.5 Å². The van der Waals surface area contributed by atoms with E-state index in [1.807, 2.05) is 13.8 Å². The van der Waals surface area contributed by atoms with Crippen molar-refractivity contribution >= 4 is 17.3 Å². The predicted octanol–water partition coefficient (Wildman–Crippen LogP) is 1.61. The number of aromatic nitrogens is 4. The Morgan fingerprint density at radius 2 is 2.14 bits per heavy atom. The van der Waals surface area contributed by atoms with E-state index in [2.05, 4.69) is 15.3 Å². The minimum absolute atomic E-state index is 0.395. The van der Waals surface area contributed by atoms with Gasteiger partial charge in [-0.15, -0.1) is 16.4 Å². The smallest absolute Gasteiger partial charge is 0.331 e. The molecule has 0 aliphatic carbocycles. The van der Waals surface area contributed by atoms with Crippen molar-refractivity contribution in [2.24, 2.45) is 0 Å². The van der Waals surface area contributed by atoms with E-state index >= 15 is 0 Å². The average Bonchev–Trinajstić information content (AvgIpc) is 3.06. The molecule has 1 fully saturated rings. The summed E-state index contributed by atoms with van der Waals surface area (Å²) in [5.41, 5.74) is 0.503. The van der Waals surface area contributed by atoms with E-state index in [-0.39, 0.29) is 0 Å². The first kappa shape index (κ1) is 14.2. The molecule has 1 N–H and O–H groups in total. The molecule has 0 saturated carbocycles. The molecule has 0 aromatic carbocycles. The van der Waals surface area contributed by atoms with Crippen LogP contribution < -0.4 is 0 Å². The predicted molar refractivity (Wildman–Crippen MR) is 76.3 cm³/mol. The van der Waals surface area contributed by atoms with Gasteiger partial charge in [0, 0.05) is 26.1 Å². The highest BCUT2D eigenvalue weighted by molar-refractivity contribution is 7.15. The van der Waals surface area contributed by atoms with Gasteiger partial charge in [0.05, 0.1) is 21.8 Å². The van der Waals surface area contributed by atoms with Crippen molar-refractivity contribution in [2.75, 3.05) is 13.2 Å². The first-order valence-electron chi connectivity index (χ1n) is 6.71. The molecular weight excluding hydrogens is 292 g/mol. The molecule has 0 radical (unpaired) electrons. The summed E-state index contributed by atoms with van der Waals surface area (Å²) in [7, 11) is 0. The van der Waals surface area contributed by atoms with Gasteiger partial charge in [0.1, 0.15) is 5.69 Å². The molecule has 112 valence electrons. The highest BCUT2D eigenvalue weighted by Crippen LogP contribution is 2.32. The number of aliphatic carboxylic acids is 1. The SMILES string of the molecule is Cc1nc(C)c(-c2cn(C3(C(=O)O)CCOCC3)nn2)s1. The van der Waals surface area contributed by atoms with Gasteiger partial charge in [0.15, 0.2) is 5.54 Å². The van der Waals surface area contributed by atoms with Crippen molar-refractivity contribution in [1.29, 1.82) is 0 Å². The van der Waals surface area contributed by atoms with Crippen LogP contribution in [-0.2, 0) is 15.1 Å². The molecule has 21 heavy (non-hydrogen) atoms. The number of aryl methyl sites for hydroxylation is 2. The van der Waals surface area contributed by atoms with Gasteiger partial charge in [-0.3, -0.25) is 0 Å². The van der Waals surface area contributed by atoms with Gasteiger partial charge in [-0.1, -0.05) is 5.21 Å². The molecule has 2 aromatic heterocycles. The van der Waals surface area contributed by atoms with Crippen LogP contribution in [0.5, 0.6) is 0 Å². The highest BCUT2D eigenvalue weighted by Gasteiger charge is 2.43. The Morgan fingerprint density at radius 3 is 2.71 bits per heavy atom. The van der Waals surface area contributed by atoms with Crippen LogP contribution >= 0.6 is 11.3 Å². The minimum Gasteiger partial charge on any atom is -0.479 e. The molecule has 0 atom stereocenters. The molecule has 7 nitrogen and oxygen atoms in total. The number of hydrogen-bond acceptors (Lipinski definition) is 6. The standard InChI is InChI=1S/C13H16N4O3S/c1-8-11(21-9(2)14-8)10-7-17(16-15-10)13(12(18)19)3-5-20-6-4-13/h7H,3-6H2,1-2H3,(H,18,19). The van der Waals surface area contributed by atoms with Crippen LogP contribution in [0.2, 0.25) is 0 Å². The lowest BCUT2D eigenvalue weighted by Crippen LogP contribution is -2.46. The van der Waals surface area contributed by atoms with Crippen molar-refractivity contribution in [3.8, 4) is 10.6 Å². The summed E-state index contributed by atoms with van der Waals surface area (Å²) in [6.07, 6.45) is 2.50. The van der Waals surface area contributed by atoms with Gasteiger partial charge >= 0.3 is 5.97 Å². The van der Waals surface area contributed by atoms with Crippen molar-refractivity contribution < 1.29 is 14.6 Å². The largest absolute Gasteiger partial charge is 0.479 e. The third-order valence-electron chi connectivity index (χ3n) is 3.79. The number of thiazole rings is 1. The van der Waals surface area contributed by atoms with Crippen LogP contribution in [-0.4, -0.2) is 44.3 Å². The number of nitrogens with zero attached hydrogens (tertiary/aromatic N) is 4. The molecule has 8 heteroatoms. The van der Waals surface area contributed by atoms with E-state index in [9.17, 15) is 9.90 Å². The number of carbonyl (C=O) groups is 1. The van der Waals surface area contributed by atoms with E-state index in [0.717, 1.165) is 15.6 Å². The van der Waals surface area contributed by atoms with E-state index in [0.29, 0.717) is 31.7 Å². The monoisotopic (exact) mass is 308 g/mol. The highest BCUT2D eigenvalue weighted by atomic mass is 32.1. The van der Waals surface area contributed by atoms with Crippen molar-refractivity contribution in [1.82, 2.24) is 20.0 Å². The first-order valence-corrected chi connectivity index (χ1v) is 7.53. The third-order valence-corrected chi connectivity index (χ3v) is 4.88. The molecule has 3 heterocycles. The second kappa shape index (κ2) is 5.19. The Morgan fingerprint density at radius 1 is 1.43 bits per heavy atom. The second-order valence-electron chi connectivity index (χ2n) is 5.14. The normalized spacial score (nSPS) is 17.8. The number of hydrogen-bond donors (Lipinski definition) is 1. The zero-order valence-electron chi connectivity index (χ0n) is 11.9. The Hall–Kier alpha value is -1.80. The summed E-state index contributed by atoms with van der Waals surface area (Å²) in [5.74, 6) is -0.889. The number of carboxylic acid groups (broad SMARTS) is 1. The van der Waals surface area contributed by atoms with Gasteiger partial charge in [0.25, 0.3) is 0 Å². The first-order chi connectivity index (χ1) is 10.0. The molecule has 2 aromatic rings. The third kappa shape index (κ3) is 2.34. The summed E-state index contributed by atoms with van der Waals surface area (Å²) < 4.78 is 6.75. The maximum atomic E-state index is 11.7. The van der Waals surface area contributed by atoms with Crippen molar-refractivity contribution in [3.05, 3.63) is 16.9 Å². The van der Waals surface area contributed by atoms with Crippen LogP contribution in [0.3, 0.4) is 0 Å². The zero-order chi connectivity index (χ0) is 15.0. The summed E-state index contributed by atoms with van der Waals surface area (Å²) in [6, 6.07) is 0. The molecular formula is C13H16N4O3S. The maximum absolute atomic E-state index is 11.7. The van der Waals surface area contributed by atoms with Crippen molar-refractivity contribution in [3.63, 3.8) is 0 Å². The van der Waals surface area contributed by atoms with Gasteiger partial charge in [-0.2, -0.15) is 0 Å². The van der Waals surface area contributed by atoms with Crippen LogP contribution in [0, 0.1) is 13.8 Å². The fourth-order valence-corrected chi connectivity index (χ4v) is 3.47. The van der Waals surface area contributed by atoms with Gasteiger partial charge in [0.2, 0.25) is 0 Å². The molecule has 1 aliphatic rings. The van der Waals surface area contributed by atoms with E-state index in [1.165, 1.54) is 16.0 Å². The molecule has 1 saturated heterocycles. The Bertz CT molecular complexity index is 673. The summed E-state index contributed by atoms with van der Waals surface area (Å²) >= 11 is 1.54. The quantitative estimate of drug-likeness (QED) is 0.926. The molecule has 0 bridgehead atoms. The van der Waals surface area contributed by atoms with Crippen LogP contribution in [0.15, 0.2) is 6.20 Å². The van der Waals surface area contributed by atoms with E-state index in [4.69, 9.17) is 4.74 Å². The fourth-order valence-electron chi connectivity index (χ4n) is 2.60. The lowest BCUT2D eigenvalue weighted by molar-refractivity contribution is -0.153. The average molecular weight is 308 g/mol. The molecule has 0 unspecified atom stereocenters. The second-order valence-corrected chi connectivity index (χ2v) is 6.35. The number of rotatable bonds is 3. The van der Waals surface area contributed by atoms with E-state index in [1.54, 1.807) is 6.20 Å². The van der Waals surface area contributed by atoms with Gasteiger partial charge < -0.3 is 9.84 Å². The molecule has 0 amide bonds. The summed E-state index contributed by atoms with van der Waals surface area (Å²) in [5, 5.41) is 18.8. The Balaban J connectivity index is 2.00. The number of ether oxygens (including phenoxy) is 1. The van der Waals surface area contributed by atoms with Crippen LogP contribution in [0.4, 0.5) is 0 Å². The molecule has 3 rings (SSSR count). The summed E-state index contributed by atoms with van der Waals surface area (Å²) in [6.45, 7) is 4.68. The van der Waals surface area contributed by atoms with Gasteiger partial charge in [-0.25, -0.2) is 14.5 Å². The van der Waals surface area contributed by atoms with Gasteiger partial charge in [-0.05, 0) is 13.8 Å². The lowest BCUT2D eigenvalue weighted by Gasteiger charge is -2.32. The zero-order valence-corrected chi connectivity index (χ0v) is 12.7. The molecule has 0 spiro atoms. The van der Waals surface area contributed by atoms with Crippen molar-refractivity contribution in [2.45, 2.75) is 32.2 Å². The minimum atomic E-state index is -1.06. The van der Waals surface area contributed by atoms with Crippen LogP contribution in [0.25, 0.3) is 10.6 Å². The maximum Gasteiger partial charge on any atom is 0.331 e. The Labute approximate surface area is 125 Å². The summed E-state index contributed by atoms with van der Waals surface area (Å²) in [4.78, 5) is 17.0. The molecule has 1 aliphatic heterocycles. The number of carboxylic acids is 1. The van der Waals surface area contributed by atoms with Crippen LogP contribution in [0.1, 0.15) is 23.5 Å². The lowest BCUT2D eigenvalue weighted by atomic mass is 9.90. The Kier molecular flexibility index (Phi) is 3.50. The fraction of sp³-hybridized carbons (Fsp3) is 0.538. The topological polar surface area (TPSA) is 90.1 Å².